The Bertz CT molecular complexity index is 1170. The first-order valence-corrected chi connectivity index (χ1v) is 13.3. The topological polar surface area (TPSA) is 111 Å². The van der Waals surface area contributed by atoms with Crippen LogP contribution in [0.2, 0.25) is 0 Å². The van der Waals surface area contributed by atoms with E-state index in [9.17, 15) is 19.2 Å². The lowest BCUT2D eigenvalue weighted by Crippen LogP contribution is -2.50. The highest BCUT2D eigenvalue weighted by atomic mass is 16.2. The van der Waals surface area contributed by atoms with Gasteiger partial charge < -0.3 is 15.1 Å². The minimum atomic E-state index is -0.913. The Morgan fingerprint density at radius 2 is 1.78 bits per heavy atom. The van der Waals surface area contributed by atoms with Crippen molar-refractivity contribution in [1.29, 1.82) is 0 Å². The number of carbonyl (C=O) groups excluding carboxylic acids is 4. The first-order valence-electron chi connectivity index (χ1n) is 13.3. The summed E-state index contributed by atoms with van der Waals surface area (Å²) >= 11 is 0. The molecule has 200 valence electrons. The van der Waals surface area contributed by atoms with Crippen molar-refractivity contribution >= 4 is 35.2 Å². The molecule has 9 nitrogen and oxygen atoms in total. The second kappa shape index (κ2) is 9.58. The third-order valence-electron chi connectivity index (χ3n) is 7.91. The molecule has 2 aliphatic heterocycles. The number of hydrogen-bond donors (Lipinski definition) is 2. The van der Waals surface area contributed by atoms with Crippen LogP contribution in [0, 0.1) is 5.41 Å². The van der Waals surface area contributed by atoms with Crippen LogP contribution in [0.15, 0.2) is 23.2 Å². The predicted molar refractivity (Wildman–Crippen MR) is 142 cm³/mol. The van der Waals surface area contributed by atoms with Crippen LogP contribution >= 0.6 is 0 Å². The van der Waals surface area contributed by atoms with Crippen molar-refractivity contribution in [3.63, 3.8) is 0 Å². The smallest absolute Gasteiger partial charge is 0.324 e. The molecule has 1 aliphatic carbocycles. The summed E-state index contributed by atoms with van der Waals surface area (Å²) in [7, 11) is 1.64. The average Bonchev–Trinajstić information content (AvgIpc) is 3.40. The second-order valence-corrected chi connectivity index (χ2v) is 11.7. The number of carbonyl (C=O) groups is 4. The minimum absolute atomic E-state index is 0.0771. The standard InChI is InChI=1S/C28H39N5O4/c1-7-9-13-28(12-8-2)31-22(26(3,4)5)23(35)33(28)17-21(34)29-20-11-10-18-15-27(16-19(18)14-20)24(36)30-25(37)32(27)6/h10-11,14H,7-9,12-13,15-17H2,1-6H3,(H,29,34)(H,30,36,37). The molecule has 2 atom stereocenters. The third kappa shape index (κ3) is 4.64. The largest absolute Gasteiger partial charge is 0.325 e. The molecule has 5 amide bonds. The van der Waals surface area contributed by atoms with Gasteiger partial charge in [0.1, 0.15) is 23.5 Å². The van der Waals surface area contributed by atoms with Gasteiger partial charge in [0.05, 0.1) is 0 Å². The maximum absolute atomic E-state index is 13.5. The molecule has 37 heavy (non-hydrogen) atoms. The van der Waals surface area contributed by atoms with Gasteiger partial charge in [-0.15, -0.1) is 0 Å². The lowest BCUT2D eigenvalue weighted by Gasteiger charge is -2.36. The molecule has 0 aromatic heterocycles. The maximum atomic E-state index is 13.5. The van der Waals surface area contributed by atoms with Crippen molar-refractivity contribution in [2.24, 2.45) is 10.4 Å². The Kier molecular flexibility index (Phi) is 6.94. The van der Waals surface area contributed by atoms with Gasteiger partial charge >= 0.3 is 6.03 Å². The normalized spacial score (nSPS) is 25.1. The number of hydrogen-bond acceptors (Lipinski definition) is 5. The van der Waals surface area contributed by atoms with E-state index in [-0.39, 0.29) is 24.3 Å². The van der Waals surface area contributed by atoms with Gasteiger partial charge in [-0.25, -0.2) is 4.79 Å². The molecule has 2 unspecified atom stereocenters. The lowest BCUT2D eigenvalue weighted by molar-refractivity contribution is -0.133. The minimum Gasteiger partial charge on any atom is -0.325 e. The highest BCUT2D eigenvalue weighted by Crippen LogP contribution is 2.39. The summed E-state index contributed by atoms with van der Waals surface area (Å²) in [5, 5.41) is 5.36. The summed E-state index contributed by atoms with van der Waals surface area (Å²) < 4.78 is 0. The van der Waals surface area contributed by atoms with Crippen molar-refractivity contribution in [2.45, 2.75) is 90.8 Å². The Morgan fingerprint density at radius 3 is 2.38 bits per heavy atom. The van der Waals surface area contributed by atoms with Gasteiger partial charge in [0, 0.05) is 31.0 Å². The van der Waals surface area contributed by atoms with Crippen molar-refractivity contribution < 1.29 is 19.2 Å². The number of benzene rings is 1. The molecule has 9 heteroatoms. The molecule has 1 aromatic carbocycles. The zero-order valence-corrected chi connectivity index (χ0v) is 22.9. The molecule has 1 fully saturated rings. The van der Waals surface area contributed by atoms with Crippen LogP contribution in [0.1, 0.15) is 77.8 Å². The summed E-state index contributed by atoms with van der Waals surface area (Å²) in [4.78, 5) is 59.5. The number of nitrogens with zero attached hydrogens (tertiary/aromatic N) is 3. The summed E-state index contributed by atoms with van der Waals surface area (Å²) in [5.41, 5.74) is 1.02. The van der Waals surface area contributed by atoms with Gasteiger partial charge in [-0.2, -0.15) is 0 Å². The first kappa shape index (κ1) is 26.8. The number of anilines is 1. The van der Waals surface area contributed by atoms with E-state index in [4.69, 9.17) is 4.99 Å². The number of likely N-dealkylation sites (N-methyl/N-ethyl adjacent to an activating group) is 1. The van der Waals surface area contributed by atoms with Crippen LogP contribution in [0.25, 0.3) is 0 Å². The highest BCUT2D eigenvalue weighted by molar-refractivity contribution is 6.42. The SMILES string of the molecule is CCCCC1(CCC)N=C(C(C)(C)C)C(=O)N1CC(=O)Nc1ccc2c(c1)CC1(C2)C(=O)NC(=O)N1C. The van der Waals surface area contributed by atoms with Crippen molar-refractivity contribution in [3.05, 3.63) is 29.3 Å². The molecule has 0 saturated carbocycles. The molecule has 4 rings (SSSR count). The quantitative estimate of drug-likeness (QED) is 0.521. The second-order valence-electron chi connectivity index (χ2n) is 11.7. The van der Waals surface area contributed by atoms with Crippen molar-refractivity contribution in [1.82, 2.24) is 15.1 Å². The number of urea groups is 1. The van der Waals surface area contributed by atoms with E-state index < -0.39 is 22.6 Å². The zero-order chi connectivity index (χ0) is 27.2. The molecule has 0 bridgehead atoms. The molecule has 1 saturated heterocycles. The molecule has 0 radical (unpaired) electrons. The molecular formula is C28H39N5O4. The Balaban J connectivity index is 1.53. The Morgan fingerprint density at radius 1 is 1.08 bits per heavy atom. The van der Waals surface area contributed by atoms with Gasteiger partial charge in [-0.05, 0) is 42.5 Å². The summed E-state index contributed by atoms with van der Waals surface area (Å²) in [6.07, 6.45) is 5.03. The van der Waals surface area contributed by atoms with E-state index in [1.165, 1.54) is 4.90 Å². The van der Waals surface area contributed by atoms with Crippen LogP contribution in [0.5, 0.6) is 0 Å². The van der Waals surface area contributed by atoms with Crippen LogP contribution in [0.3, 0.4) is 0 Å². The maximum Gasteiger partial charge on any atom is 0.324 e. The fourth-order valence-electron chi connectivity index (χ4n) is 5.83. The average molecular weight is 510 g/mol. The number of amides is 5. The van der Waals surface area contributed by atoms with E-state index in [2.05, 4.69) is 24.5 Å². The molecule has 3 aliphatic rings. The van der Waals surface area contributed by atoms with E-state index in [1.807, 2.05) is 39.0 Å². The Labute approximate surface area is 219 Å². The number of fused-ring (bicyclic) bond motifs is 1. The van der Waals surface area contributed by atoms with Gasteiger partial charge in [0.25, 0.3) is 11.8 Å². The van der Waals surface area contributed by atoms with Gasteiger partial charge in [0.2, 0.25) is 5.91 Å². The van der Waals surface area contributed by atoms with Crippen molar-refractivity contribution in [2.75, 3.05) is 18.9 Å². The van der Waals surface area contributed by atoms with E-state index >= 15 is 0 Å². The fourth-order valence-corrected chi connectivity index (χ4v) is 5.83. The molecular weight excluding hydrogens is 470 g/mol. The zero-order valence-electron chi connectivity index (χ0n) is 22.9. The number of unbranched alkanes of at least 4 members (excludes halogenated alkanes) is 1. The van der Waals surface area contributed by atoms with Crippen LogP contribution in [0.4, 0.5) is 10.5 Å². The first-order chi connectivity index (χ1) is 17.4. The summed E-state index contributed by atoms with van der Waals surface area (Å²) in [6, 6.07) is 5.18. The third-order valence-corrected chi connectivity index (χ3v) is 7.91. The molecule has 1 aromatic rings. The number of aliphatic imine (C=N–C) groups is 1. The van der Waals surface area contributed by atoms with Crippen molar-refractivity contribution in [3.8, 4) is 0 Å². The van der Waals surface area contributed by atoms with Gasteiger partial charge in [-0.1, -0.05) is 53.5 Å². The number of rotatable bonds is 8. The molecule has 2 heterocycles. The summed E-state index contributed by atoms with van der Waals surface area (Å²) in [5.74, 6) is -0.736. The van der Waals surface area contributed by atoms with Crippen LogP contribution < -0.4 is 10.6 Å². The molecule has 1 spiro atoms. The molecule has 2 N–H and O–H groups in total. The van der Waals surface area contributed by atoms with Gasteiger partial charge in [-0.3, -0.25) is 24.7 Å². The predicted octanol–water partition coefficient (Wildman–Crippen LogP) is 3.66. The Hall–Kier alpha value is -3.23. The van der Waals surface area contributed by atoms with E-state index in [0.29, 0.717) is 30.7 Å². The van der Waals surface area contributed by atoms with E-state index in [0.717, 1.165) is 36.8 Å². The van der Waals surface area contributed by atoms with E-state index in [1.54, 1.807) is 11.9 Å². The van der Waals surface area contributed by atoms with Gasteiger partial charge in [0.15, 0.2) is 0 Å². The lowest BCUT2D eigenvalue weighted by atomic mass is 9.89. The van der Waals surface area contributed by atoms with Crippen LogP contribution in [-0.2, 0) is 27.2 Å². The number of nitrogens with one attached hydrogen (secondary N) is 2. The highest BCUT2D eigenvalue weighted by Gasteiger charge is 2.54. The monoisotopic (exact) mass is 509 g/mol. The fraction of sp³-hybridized carbons (Fsp3) is 0.607. The summed E-state index contributed by atoms with van der Waals surface area (Å²) in [6.45, 7) is 10.1. The number of imide groups is 1. The van der Waals surface area contributed by atoms with Crippen LogP contribution in [-0.4, -0.2) is 64.1 Å².